The molecule has 204 valence electrons. The van der Waals surface area contributed by atoms with Crippen molar-refractivity contribution in [3.05, 3.63) is 107 Å². The van der Waals surface area contributed by atoms with Crippen molar-refractivity contribution in [3.63, 3.8) is 0 Å². The van der Waals surface area contributed by atoms with Gasteiger partial charge in [-0.15, -0.1) is 0 Å². The predicted octanol–water partition coefficient (Wildman–Crippen LogP) is 4.05. The Balaban J connectivity index is 1.43. The molecule has 4 aromatic rings. The van der Waals surface area contributed by atoms with Gasteiger partial charge in [-0.1, -0.05) is 35.6 Å². The third kappa shape index (κ3) is 4.58. The molecular formula is C30H25IN2O6S. The Morgan fingerprint density at radius 3 is 2.67 bits per heavy atom. The highest BCUT2D eigenvalue weighted by molar-refractivity contribution is 14.1. The molecule has 3 atom stereocenters. The number of esters is 1. The van der Waals surface area contributed by atoms with Gasteiger partial charge in [0.25, 0.3) is 5.56 Å². The van der Waals surface area contributed by atoms with E-state index in [2.05, 4.69) is 22.6 Å². The van der Waals surface area contributed by atoms with Crippen molar-refractivity contribution in [1.82, 2.24) is 4.57 Å². The lowest BCUT2D eigenvalue weighted by atomic mass is 9.81. The number of benzene rings is 3. The SMILES string of the molecule is COC(=O)[C@H]1[C@H]2c3ccccc3O[C@@]1(C)N=c1s/c(=C/c3ccc(OC)c(COc4ccc(I)cc4)c3)c(=O)n12. The molecule has 0 unspecified atom stereocenters. The molecule has 2 aliphatic heterocycles. The van der Waals surface area contributed by atoms with Crippen LogP contribution in [0.4, 0.5) is 0 Å². The largest absolute Gasteiger partial charge is 0.496 e. The monoisotopic (exact) mass is 668 g/mol. The number of para-hydroxylation sites is 1. The summed E-state index contributed by atoms with van der Waals surface area (Å²) in [6, 6.07) is 20.3. The van der Waals surface area contributed by atoms with Crippen molar-refractivity contribution >= 4 is 46.0 Å². The molecular weight excluding hydrogens is 643 g/mol. The summed E-state index contributed by atoms with van der Waals surface area (Å²) in [5, 5.41) is 0. The molecule has 0 radical (unpaired) electrons. The maximum atomic E-state index is 13.9. The highest BCUT2D eigenvalue weighted by Gasteiger charge is 2.55. The van der Waals surface area contributed by atoms with Gasteiger partial charge in [-0.05, 0) is 83.6 Å². The summed E-state index contributed by atoms with van der Waals surface area (Å²) in [7, 11) is 2.95. The number of ether oxygens (including phenoxy) is 4. The van der Waals surface area contributed by atoms with Crippen LogP contribution in [-0.2, 0) is 16.1 Å². The summed E-state index contributed by atoms with van der Waals surface area (Å²) in [5.41, 5.74) is 0.971. The second kappa shape index (κ2) is 10.4. The van der Waals surface area contributed by atoms with Crippen LogP contribution in [0.1, 0.15) is 29.7 Å². The van der Waals surface area contributed by atoms with Gasteiger partial charge in [-0.3, -0.25) is 14.2 Å². The predicted molar refractivity (Wildman–Crippen MR) is 159 cm³/mol. The first-order valence-corrected chi connectivity index (χ1v) is 14.4. The van der Waals surface area contributed by atoms with Crippen LogP contribution in [-0.4, -0.2) is 30.5 Å². The second-order valence-electron chi connectivity index (χ2n) is 9.63. The summed E-state index contributed by atoms with van der Waals surface area (Å²) in [6.07, 6.45) is 1.83. The maximum Gasteiger partial charge on any atom is 0.317 e. The van der Waals surface area contributed by atoms with E-state index in [-0.39, 0.29) is 5.56 Å². The first-order valence-electron chi connectivity index (χ1n) is 12.6. The van der Waals surface area contributed by atoms with Crippen LogP contribution < -0.4 is 29.1 Å². The molecule has 10 heteroatoms. The number of halogens is 1. The molecule has 3 aromatic carbocycles. The van der Waals surface area contributed by atoms with Crippen molar-refractivity contribution < 1.29 is 23.7 Å². The molecule has 0 amide bonds. The molecule has 2 bridgehead atoms. The topological polar surface area (TPSA) is 88.4 Å². The molecule has 1 aromatic heterocycles. The van der Waals surface area contributed by atoms with Crippen molar-refractivity contribution in [2.24, 2.45) is 10.9 Å². The van der Waals surface area contributed by atoms with Gasteiger partial charge in [-0.2, -0.15) is 0 Å². The number of thiazole rings is 1. The van der Waals surface area contributed by atoms with Crippen LogP contribution in [0.2, 0.25) is 0 Å². The molecule has 0 saturated heterocycles. The lowest BCUT2D eigenvalue weighted by molar-refractivity contribution is -0.158. The fourth-order valence-electron chi connectivity index (χ4n) is 5.28. The summed E-state index contributed by atoms with van der Waals surface area (Å²) < 4.78 is 26.1. The normalized spacial score (nSPS) is 20.9. The van der Waals surface area contributed by atoms with Gasteiger partial charge < -0.3 is 18.9 Å². The maximum absolute atomic E-state index is 13.9. The number of methoxy groups -OCH3 is 2. The number of nitrogens with zero attached hydrogens (tertiary/aromatic N) is 2. The number of carbonyl (C=O) groups excluding carboxylic acids is 1. The quantitative estimate of drug-likeness (QED) is 0.228. The van der Waals surface area contributed by atoms with E-state index >= 15 is 0 Å². The number of aromatic nitrogens is 1. The van der Waals surface area contributed by atoms with Gasteiger partial charge in [0.1, 0.15) is 29.8 Å². The zero-order valence-electron chi connectivity index (χ0n) is 21.9. The smallest absolute Gasteiger partial charge is 0.317 e. The Labute approximate surface area is 247 Å². The lowest BCUT2D eigenvalue weighted by Crippen LogP contribution is -2.58. The lowest BCUT2D eigenvalue weighted by Gasteiger charge is -2.44. The zero-order chi connectivity index (χ0) is 28.0. The molecule has 40 heavy (non-hydrogen) atoms. The molecule has 8 nitrogen and oxygen atoms in total. The van der Waals surface area contributed by atoms with E-state index in [1.807, 2.05) is 72.8 Å². The standard InChI is InChI=1S/C30H25IN2O6S/c1-30-25(28(35)37-3)26(21-6-4-5-7-23(21)39-30)33-27(34)24(40-29(33)32-30)15-17-8-13-22(36-2)18(14-17)16-38-20-11-9-19(31)10-12-20/h4-15,25-26H,16H2,1-3H3/b24-15+/t25-,26-,30-/m1/s1. The van der Waals surface area contributed by atoms with Crippen molar-refractivity contribution in [2.75, 3.05) is 14.2 Å². The Morgan fingerprint density at radius 2 is 1.93 bits per heavy atom. The first kappa shape index (κ1) is 26.6. The van der Waals surface area contributed by atoms with Crippen LogP contribution in [0.25, 0.3) is 6.08 Å². The summed E-state index contributed by atoms with van der Waals surface area (Å²) in [5.74, 6) is 0.751. The van der Waals surface area contributed by atoms with Gasteiger partial charge in [0.05, 0.1) is 24.8 Å². The molecule has 0 N–H and O–H groups in total. The van der Waals surface area contributed by atoms with Crippen LogP contribution in [0.3, 0.4) is 0 Å². The third-order valence-electron chi connectivity index (χ3n) is 7.15. The number of hydrogen-bond acceptors (Lipinski definition) is 8. The minimum absolute atomic E-state index is 0.228. The van der Waals surface area contributed by atoms with E-state index in [1.54, 1.807) is 18.6 Å². The number of hydrogen-bond donors (Lipinski definition) is 0. The molecule has 2 aliphatic rings. The van der Waals surface area contributed by atoms with E-state index in [1.165, 1.54) is 18.4 Å². The zero-order valence-corrected chi connectivity index (χ0v) is 24.9. The summed E-state index contributed by atoms with van der Waals surface area (Å²) in [6.45, 7) is 2.06. The van der Waals surface area contributed by atoms with Gasteiger partial charge >= 0.3 is 5.97 Å². The Bertz CT molecular complexity index is 1800. The highest BCUT2D eigenvalue weighted by atomic mass is 127. The van der Waals surface area contributed by atoms with E-state index in [0.29, 0.717) is 27.4 Å². The second-order valence-corrected chi connectivity index (χ2v) is 11.9. The highest BCUT2D eigenvalue weighted by Crippen LogP contribution is 2.47. The fourth-order valence-corrected chi connectivity index (χ4v) is 6.73. The molecule has 0 spiro atoms. The molecule has 3 heterocycles. The average Bonchev–Trinajstić information content (AvgIpc) is 3.24. The van der Waals surface area contributed by atoms with E-state index in [4.69, 9.17) is 23.9 Å². The summed E-state index contributed by atoms with van der Waals surface area (Å²) in [4.78, 5) is 32.1. The number of rotatable bonds is 6. The van der Waals surface area contributed by atoms with E-state index < -0.39 is 23.7 Å². The molecule has 0 fully saturated rings. The fraction of sp³-hybridized carbons (Fsp3) is 0.233. The van der Waals surface area contributed by atoms with Crippen molar-refractivity contribution in [3.8, 4) is 17.2 Å². The molecule has 0 aliphatic carbocycles. The van der Waals surface area contributed by atoms with E-state index in [9.17, 15) is 9.59 Å². The summed E-state index contributed by atoms with van der Waals surface area (Å²) >= 11 is 3.52. The Kier molecular flexibility index (Phi) is 6.91. The van der Waals surface area contributed by atoms with Gasteiger partial charge in [0, 0.05) is 14.7 Å². The number of carbonyl (C=O) groups is 1. The Hall–Kier alpha value is -3.64. The van der Waals surface area contributed by atoms with Gasteiger partial charge in [0.2, 0.25) is 5.72 Å². The minimum Gasteiger partial charge on any atom is -0.496 e. The minimum atomic E-state index is -1.21. The Morgan fingerprint density at radius 1 is 1.15 bits per heavy atom. The van der Waals surface area contributed by atoms with Crippen LogP contribution >= 0.6 is 33.9 Å². The molecule has 0 saturated carbocycles. The number of fused-ring (bicyclic) bond motifs is 6. The third-order valence-corrected chi connectivity index (χ3v) is 8.85. The van der Waals surface area contributed by atoms with Crippen LogP contribution in [0, 0.1) is 9.49 Å². The van der Waals surface area contributed by atoms with Crippen LogP contribution in [0.15, 0.2) is 76.5 Å². The van der Waals surface area contributed by atoms with Crippen LogP contribution in [0.5, 0.6) is 17.2 Å². The van der Waals surface area contributed by atoms with Gasteiger partial charge in [0.15, 0.2) is 4.80 Å². The van der Waals surface area contributed by atoms with E-state index in [0.717, 1.165) is 26.0 Å². The average molecular weight is 669 g/mol. The first-order chi connectivity index (χ1) is 19.3. The van der Waals surface area contributed by atoms with Crippen molar-refractivity contribution in [1.29, 1.82) is 0 Å². The van der Waals surface area contributed by atoms with Crippen molar-refractivity contribution in [2.45, 2.75) is 25.3 Å². The van der Waals surface area contributed by atoms with Gasteiger partial charge in [-0.25, -0.2) is 4.99 Å². The molecule has 6 rings (SSSR count).